The maximum Gasteiger partial charge on any atom is 0.218 e. The van der Waals surface area contributed by atoms with Gasteiger partial charge in [-0.05, 0) is 11.6 Å². The summed E-state index contributed by atoms with van der Waals surface area (Å²) in [5, 5.41) is -0.361. The lowest BCUT2D eigenvalue weighted by Gasteiger charge is -1.52. The van der Waals surface area contributed by atoms with Gasteiger partial charge in [-0.2, -0.15) is 0 Å². The second-order valence-corrected chi connectivity index (χ2v) is 1.00. The minimum absolute atomic E-state index is 0.361. The van der Waals surface area contributed by atoms with Crippen LogP contribution in [0.2, 0.25) is 0 Å². The van der Waals surface area contributed by atoms with Gasteiger partial charge in [0.05, 0.1) is 0 Å². The van der Waals surface area contributed by atoms with Gasteiger partial charge in [0.1, 0.15) is 0 Å². The smallest absolute Gasteiger partial charge is 0.218 e. The summed E-state index contributed by atoms with van der Waals surface area (Å²) in [6.07, 6.45) is 0. The van der Waals surface area contributed by atoms with Crippen molar-refractivity contribution in [2.24, 2.45) is 0 Å². The molecule has 24 valence electrons. The number of halogens is 1. The molecular weight excluding hydrogens is 76.5 g/mol. The molecule has 4 heavy (non-hydrogen) atoms. The van der Waals surface area contributed by atoms with Crippen molar-refractivity contribution < 1.29 is 4.79 Å². The zero-order chi connectivity index (χ0) is 3.58. The highest BCUT2D eigenvalue weighted by Gasteiger charge is 1.67. The topological polar surface area (TPSA) is 17.1 Å². The Morgan fingerprint density at radius 1 is 2.00 bits per heavy atom. The number of hydrogen-bond donors (Lipinski definition) is 0. The lowest BCUT2D eigenvalue weighted by Crippen LogP contribution is -1.62. The third kappa shape index (κ3) is 1130. The lowest BCUT2D eigenvalue weighted by atomic mass is 11.3. The van der Waals surface area contributed by atoms with E-state index in [4.69, 9.17) is 0 Å². The van der Waals surface area contributed by atoms with E-state index in [-0.39, 0.29) is 5.24 Å². The lowest BCUT2D eigenvalue weighted by molar-refractivity contribution is -0.109. The second kappa shape index (κ2) is 1.30. The van der Waals surface area contributed by atoms with E-state index in [1.807, 2.05) is 0 Å². The first-order valence-corrected chi connectivity index (χ1v) is 1.27. The molecule has 1 nitrogen and oxygen atoms in total. The van der Waals surface area contributed by atoms with Gasteiger partial charge >= 0.3 is 0 Å². The summed E-state index contributed by atoms with van der Waals surface area (Å²) in [6, 6.07) is 0. The van der Waals surface area contributed by atoms with Crippen LogP contribution in [0.4, 0.5) is 0 Å². The van der Waals surface area contributed by atoms with Crippen molar-refractivity contribution in [2.45, 2.75) is 6.92 Å². The summed E-state index contributed by atoms with van der Waals surface area (Å²) < 4.78 is 0. The van der Waals surface area contributed by atoms with Crippen LogP contribution in [0.15, 0.2) is 0 Å². The number of carbonyl (C=O) groups is 1. The molecule has 0 spiro atoms. The van der Waals surface area contributed by atoms with E-state index >= 15 is 0 Å². The van der Waals surface area contributed by atoms with Crippen LogP contribution < -0.4 is 0 Å². The van der Waals surface area contributed by atoms with Crippen LogP contribution in [0.25, 0.3) is 0 Å². The standard InChI is InChI=1S/C2H3ClO/c1-2(3)4/h1H3/i1+1. The van der Waals surface area contributed by atoms with E-state index in [1.165, 1.54) is 6.92 Å². The molecule has 0 aromatic rings. The highest BCUT2D eigenvalue weighted by atomic mass is 35.5. The van der Waals surface area contributed by atoms with Crippen molar-refractivity contribution in [1.82, 2.24) is 0 Å². The summed E-state index contributed by atoms with van der Waals surface area (Å²) in [7, 11) is 0. The first kappa shape index (κ1) is 3.96. The molecule has 0 rings (SSSR count). The van der Waals surface area contributed by atoms with Crippen molar-refractivity contribution in [3.63, 3.8) is 0 Å². The van der Waals surface area contributed by atoms with Crippen molar-refractivity contribution in [3.8, 4) is 0 Å². The molecule has 0 fully saturated rings. The maximum absolute atomic E-state index is 9.21. The predicted octanol–water partition coefficient (Wildman–Crippen LogP) is 0.772. The van der Waals surface area contributed by atoms with E-state index in [2.05, 4.69) is 11.6 Å². The van der Waals surface area contributed by atoms with Crippen LogP contribution in [0.3, 0.4) is 0 Å². The van der Waals surface area contributed by atoms with Gasteiger partial charge in [0.25, 0.3) is 0 Å². The van der Waals surface area contributed by atoms with Crippen LogP contribution in [0, 0.1) is 0 Å². The van der Waals surface area contributed by atoms with Gasteiger partial charge in [-0.1, -0.05) is 0 Å². The highest BCUT2D eigenvalue weighted by molar-refractivity contribution is 6.62. The third-order valence-electron chi connectivity index (χ3n) is 0. The summed E-state index contributed by atoms with van der Waals surface area (Å²) in [4.78, 5) is 9.21. The highest BCUT2D eigenvalue weighted by Crippen LogP contribution is 1.67. The van der Waals surface area contributed by atoms with Crippen molar-refractivity contribution in [2.75, 3.05) is 0 Å². The number of rotatable bonds is 0. The van der Waals surface area contributed by atoms with Crippen LogP contribution >= 0.6 is 11.6 Å². The van der Waals surface area contributed by atoms with E-state index in [0.29, 0.717) is 0 Å². The molecule has 0 aliphatic rings. The van der Waals surface area contributed by atoms with Crippen molar-refractivity contribution in [1.29, 1.82) is 0 Å². The van der Waals surface area contributed by atoms with Gasteiger partial charge in [-0.15, -0.1) is 0 Å². The van der Waals surface area contributed by atoms with Crippen molar-refractivity contribution in [3.05, 3.63) is 0 Å². The van der Waals surface area contributed by atoms with E-state index in [0.717, 1.165) is 0 Å². The van der Waals surface area contributed by atoms with Gasteiger partial charge < -0.3 is 0 Å². The minimum Gasteiger partial charge on any atom is -0.282 e. The summed E-state index contributed by atoms with van der Waals surface area (Å²) in [5.74, 6) is 0. The van der Waals surface area contributed by atoms with E-state index in [1.54, 1.807) is 0 Å². The van der Waals surface area contributed by atoms with Gasteiger partial charge in [0, 0.05) is 6.92 Å². The Balaban J connectivity index is 2.80. The molecule has 0 saturated carbocycles. The predicted molar refractivity (Wildman–Crippen MR) is 16.5 cm³/mol. The first-order valence-electron chi connectivity index (χ1n) is 0.893. The fourth-order valence-corrected chi connectivity index (χ4v) is 0. The maximum atomic E-state index is 9.21. The molecule has 0 amide bonds. The third-order valence-corrected chi connectivity index (χ3v) is 0. The molecule has 0 bridgehead atoms. The van der Waals surface area contributed by atoms with Crippen LogP contribution in [-0.2, 0) is 4.79 Å². The number of hydrogen-bond acceptors (Lipinski definition) is 1. The van der Waals surface area contributed by atoms with Crippen LogP contribution in [-0.4, -0.2) is 5.24 Å². The molecule has 0 aromatic carbocycles. The van der Waals surface area contributed by atoms with Gasteiger partial charge in [0.15, 0.2) is 0 Å². The average Bonchev–Trinajstić information content (AvgIpc) is 0.811. The Hall–Kier alpha value is -0.0400. The molecule has 0 atom stereocenters. The quantitative estimate of drug-likeness (QED) is 0.310. The largest absolute Gasteiger partial charge is 0.282 e. The molecule has 0 unspecified atom stereocenters. The molecule has 0 radical (unpaired) electrons. The Kier molecular flexibility index (Phi) is 1.28. The van der Waals surface area contributed by atoms with Gasteiger partial charge in [-0.3, -0.25) is 4.79 Å². The van der Waals surface area contributed by atoms with Crippen molar-refractivity contribution >= 4 is 16.8 Å². The fraction of sp³-hybridized carbons (Fsp3) is 0.500. The molecular formula is C2H3ClO. The summed E-state index contributed by atoms with van der Waals surface area (Å²) in [6.45, 7) is 1.29. The van der Waals surface area contributed by atoms with Crippen LogP contribution in [0.5, 0.6) is 0 Å². The Morgan fingerprint density at radius 3 is 2.00 bits per heavy atom. The second-order valence-electron chi connectivity index (χ2n) is 0.470. The Labute approximate surface area is 29.6 Å². The average molecular weight is 79.5 g/mol. The Morgan fingerprint density at radius 2 is 2.00 bits per heavy atom. The molecule has 2 heteroatoms. The zero-order valence-electron chi connectivity index (χ0n) is 2.29. The zero-order valence-corrected chi connectivity index (χ0v) is 3.04. The summed E-state index contributed by atoms with van der Waals surface area (Å²) >= 11 is 4.64. The molecule has 0 aromatic heterocycles. The fourth-order valence-electron chi connectivity index (χ4n) is 0. The van der Waals surface area contributed by atoms with E-state index < -0.39 is 0 Å². The molecule has 0 saturated heterocycles. The normalized spacial score (nSPS) is 6.50. The van der Waals surface area contributed by atoms with Gasteiger partial charge in [-0.25, -0.2) is 0 Å². The molecule has 0 N–H and O–H groups in total. The van der Waals surface area contributed by atoms with E-state index in [9.17, 15) is 4.79 Å². The first-order chi connectivity index (χ1) is 1.73. The molecule has 0 aliphatic carbocycles. The summed E-state index contributed by atoms with van der Waals surface area (Å²) in [5.41, 5.74) is 0. The molecule has 0 heterocycles. The SMILES string of the molecule is [13CH3]C(=O)Cl. The Bertz CT molecular complexity index is 29.0. The van der Waals surface area contributed by atoms with Crippen LogP contribution in [0.1, 0.15) is 6.92 Å². The molecule has 0 aliphatic heterocycles. The minimum atomic E-state index is -0.361. The number of carbonyl (C=O) groups excluding carboxylic acids is 1. The monoisotopic (exact) mass is 79.0 g/mol. The van der Waals surface area contributed by atoms with Gasteiger partial charge in [0.2, 0.25) is 5.24 Å².